The van der Waals surface area contributed by atoms with E-state index >= 15 is 0 Å². The van der Waals surface area contributed by atoms with Crippen LogP contribution in [0, 0.1) is 0 Å². The maximum atomic E-state index is 10.3. The highest BCUT2D eigenvalue weighted by molar-refractivity contribution is 7.99. The topological polar surface area (TPSA) is 40.1 Å². The minimum absolute atomic E-state index is 0.00732. The molecule has 14 heavy (non-hydrogen) atoms. The summed E-state index contributed by atoms with van der Waals surface area (Å²) in [7, 11) is 0. The fraction of sp³-hybridized carbons (Fsp3) is 0.364. The van der Waals surface area contributed by atoms with E-state index in [2.05, 4.69) is 13.8 Å². The fourth-order valence-electron chi connectivity index (χ4n) is 1.12. The van der Waals surface area contributed by atoms with Crippen molar-refractivity contribution in [3.63, 3.8) is 0 Å². The van der Waals surface area contributed by atoms with Crippen molar-refractivity contribution in [1.29, 1.82) is 0 Å². The van der Waals surface area contributed by atoms with Crippen LogP contribution in [0.15, 0.2) is 29.2 Å². The normalized spacial score (nSPS) is 10.5. The lowest BCUT2D eigenvalue weighted by atomic mass is 10.2. The van der Waals surface area contributed by atoms with Crippen LogP contribution in [0.5, 0.6) is 0 Å². The van der Waals surface area contributed by atoms with E-state index in [1.807, 2.05) is 24.3 Å². The molecule has 2 nitrogen and oxygen atoms in total. The number of hydrogen-bond acceptors (Lipinski definition) is 3. The number of carbonyl (C=O) groups is 1. The zero-order chi connectivity index (χ0) is 10.6. The smallest absolute Gasteiger partial charge is 0.0458 e. The van der Waals surface area contributed by atoms with E-state index in [0.29, 0.717) is 5.25 Å². The highest BCUT2D eigenvalue weighted by atomic mass is 32.2. The number of thioether (sulfide) groups is 1. The second-order valence-electron chi connectivity index (χ2n) is 3.36. The molecule has 0 spiro atoms. The average molecular weight is 209 g/mol. The maximum absolute atomic E-state index is 10.3. The van der Waals surface area contributed by atoms with Gasteiger partial charge in [-0.3, -0.25) is 0 Å². The Morgan fingerprint density at radius 3 is 2.36 bits per heavy atom. The van der Waals surface area contributed by atoms with Crippen molar-refractivity contribution in [3.05, 3.63) is 29.8 Å². The summed E-state index contributed by atoms with van der Waals surface area (Å²) in [5.41, 5.74) is 0.790. The number of carboxylic acids is 1. The van der Waals surface area contributed by atoms with Gasteiger partial charge in [0.1, 0.15) is 0 Å². The third-order valence-electron chi connectivity index (χ3n) is 1.64. The number of hydrogen-bond donors (Lipinski definition) is 0. The van der Waals surface area contributed by atoms with Gasteiger partial charge in [-0.25, -0.2) is 0 Å². The fourth-order valence-corrected chi connectivity index (χ4v) is 1.96. The van der Waals surface area contributed by atoms with Gasteiger partial charge >= 0.3 is 0 Å². The molecule has 0 saturated carbocycles. The Hall–Kier alpha value is -0.960. The van der Waals surface area contributed by atoms with E-state index in [1.165, 1.54) is 4.90 Å². The van der Waals surface area contributed by atoms with Gasteiger partial charge in [-0.05, 0) is 17.7 Å². The Labute approximate surface area is 88.3 Å². The molecule has 0 radical (unpaired) electrons. The zero-order valence-corrected chi connectivity index (χ0v) is 9.14. The molecule has 3 heteroatoms. The quantitative estimate of drug-likeness (QED) is 0.705. The van der Waals surface area contributed by atoms with Gasteiger partial charge in [0.2, 0.25) is 0 Å². The first kappa shape index (κ1) is 11.1. The van der Waals surface area contributed by atoms with Crippen molar-refractivity contribution in [2.75, 3.05) is 0 Å². The van der Waals surface area contributed by atoms with Crippen LogP contribution < -0.4 is 5.11 Å². The van der Waals surface area contributed by atoms with E-state index in [4.69, 9.17) is 0 Å². The van der Waals surface area contributed by atoms with Crippen LogP contribution in [0.3, 0.4) is 0 Å². The molecule has 0 aliphatic heterocycles. The van der Waals surface area contributed by atoms with Gasteiger partial charge in [0.15, 0.2) is 0 Å². The van der Waals surface area contributed by atoms with Crippen molar-refractivity contribution < 1.29 is 9.90 Å². The van der Waals surface area contributed by atoms with Gasteiger partial charge in [-0.15, -0.1) is 11.8 Å². The molecule has 0 aromatic heterocycles. The van der Waals surface area contributed by atoms with Crippen LogP contribution in [-0.4, -0.2) is 11.2 Å². The molecule has 0 amide bonds. The first-order valence-electron chi connectivity index (χ1n) is 4.53. The molecule has 0 atom stereocenters. The molecular weight excluding hydrogens is 196 g/mol. The lowest BCUT2D eigenvalue weighted by molar-refractivity contribution is -0.304. The summed E-state index contributed by atoms with van der Waals surface area (Å²) in [6, 6.07) is 7.56. The molecule has 0 fully saturated rings. The summed E-state index contributed by atoms with van der Waals surface area (Å²) >= 11 is 1.76. The van der Waals surface area contributed by atoms with E-state index < -0.39 is 5.97 Å². The monoisotopic (exact) mass is 209 g/mol. The molecule has 0 heterocycles. The Balaban J connectivity index is 2.63. The van der Waals surface area contributed by atoms with Gasteiger partial charge in [0.25, 0.3) is 0 Å². The van der Waals surface area contributed by atoms with Crippen LogP contribution in [-0.2, 0) is 11.2 Å². The second kappa shape index (κ2) is 5.05. The highest BCUT2D eigenvalue weighted by Crippen LogP contribution is 2.22. The van der Waals surface area contributed by atoms with Crippen LogP contribution >= 0.6 is 11.8 Å². The Bertz CT molecular complexity index is 304. The summed E-state index contributed by atoms with van der Waals surface area (Å²) in [5.74, 6) is -1.03. The van der Waals surface area contributed by atoms with Crippen molar-refractivity contribution in [1.82, 2.24) is 0 Å². The number of benzene rings is 1. The first-order valence-corrected chi connectivity index (χ1v) is 5.41. The van der Waals surface area contributed by atoms with Crippen molar-refractivity contribution in [3.8, 4) is 0 Å². The summed E-state index contributed by atoms with van der Waals surface area (Å²) < 4.78 is 0. The van der Waals surface area contributed by atoms with Gasteiger partial charge < -0.3 is 9.90 Å². The van der Waals surface area contributed by atoms with Gasteiger partial charge in [0.05, 0.1) is 0 Å². The first-order chi connectivity index (χ1) is 6.58. The highest BCUT2D eigenvalue weighted by Gasteiger charge is 1.98. The van der Waals surface area contributed by atoms with Crippen molar-refractivity contribution in [2.24, 2.45) is 0 Å². The minimum Gasteiger partial charge on any atom is -0.550 e. The molecule has 0 bridgehead atoms. The summed E-state index contributed by atoms with van der Waals surface area (Å²) in [4.78, 5) is 11.5. The molecule has 76 valence electrons. The molecule has 0 unspecified atom stereocenters. The number of rotatable bonds is 4. The lowest BCUT2D eigenvalue weighted by Crippen LogP contribution is -2.24. The average Bonchev–Trinajstić information content (AvgIpc) is 2.06. The minimum atomic E-state index is -1.03. The van der Waals surface area contributed by atoms with E-state index in [9.17, 15) is 9.90 Å². The largest absolute Gasteiger partial charge is 0.550 e. The Morgan fingerprint density at radius 1 is 1.36 bits per heavy atom. The second-order valence-corrected chi connectivity index (χ2v) is 5.01. The SMILES string of the molecule is CC(C)Sc1ccc(CC(=O)[O-])cc1. The maximum Gasteiger partial charge on any atom is 0.0458 e. The molecule has 1 aromatic carbocycles. The van der Waals surface area contributed by atoms with Crippen molar-refractivity contribution >= 4 is 17.7 Å². The molecule has 0 aliphatic carbocycles. The van der Waals surface area contributed by atoms with E-state index in [0.717, 1.165) is 5.56 Å². The molecule has 0 aliphatic rings. The van der Waals surface area contributed by atoms with Crippen LogP contribution in [0.1, 0.15) is 19.4 Å². The standard InChI is InChI=1S/C11H14O2S/c1-8(2)14-10-5-3-9(4-6-10)7-11(12)13/h3-6,8H,7H2,1-2H3,(H,12,13)/p-1. The third kappa shape index (κ3) is 3.83. The Kier molecular flexibility index (Phi) is 4.01. The summed E-state index contributed by atoms with van der Waals surface area (Å²) in [6.07, 6.45) is -0.00732. The molecule has 0 saturated heterocycles. The molecule has 1 aromatic rings. The number of carbonyl (C=O) groups excluding carboxylic acids is 1. The Morgan fingerprint density at radius 2 is 1.93 bits per heavy atom. The van der Waals surface area contributed by atoms with E-state index in [1.54, 1.807) is 11.8 Å². The number of carboxylic acid groups (broad SMARTS) is 1. The predicted molar refractivity (Wildman–Crippen MR) is 56.1 cm³/mol. The van der Waals surface area contributed by atoms with Crippen LogP contribution in [0.2, 0.25) is 0 Å². The zero-order valence-electron chi connectivity index (χ0n) is 8.32. The third-order valence-corrected chi connectivity index (χ3v) is 2.66. The molecular formula is C11H13O2S-. The summed E-state index contributed by atoms with van der Waals surface area (Å²) in [6.45, 7) is 4.25. The van der Waals surface area contributed by atoms with Crippen LogP contribution in [0.4, 0.5) is 0 Å². The van der Waals surface area contributed by atoms with Gasteiger partial charge in [0, 0.05) is 22.5 Å². The lowest BCUT2D eigenvalue weighted by Gasteiger charge is -2.06. The van der Waals surface area contributed by atoms with Gasteiger partial charge in [-0.1, -0.05) is 26.0 Å². The van der Waals surface area contributed by atoms with Gasteiger partial charge in [-0.2, -0.15) is 0 Å². The molecule has 0 N–H and O–H groups in total. The van der Waals surface area contributed by atoms with E-state index in [-0.39, 0.29) is 6.42 Å². The van der Waals surface area contributed by atoms with Crippen molar-refractivity contribution in [2.45, 2.75) is 30.4 Å². The summed E-state index contributed by atoms with van der Waals surface area (Å²) in [5, 5.41) is 10.9. The predicted octanol–water partition coefficient (Wildman–Crippen LogP) is 1.48. The number of aliphatic carboxylic acids is 1. The molecule has 1 rings (SSSR count). The van der Waals surface area contributed by atoms with Crippen LogP contribution in [0.25, 0.3) is 0 Å².